The number of nitrogens with zero attached hydrogens (tertiary/aromatic N) is 4. The van der Waals surface area contributed by atoms with E-state index in [1.54, 1.807) is 15.4 Å². The molecule has 0 atom stereocenters. The zero-order valence-electron chi connectivity index (χ0n) is 8.16. The van der Waals surface area contributed by atoms with Crippen LogP contribution in [0.4, 0.5) is 0 Å². The Labute approximate surface area is 85.8 Å². The predicted octanol–water partition coefficient (Wildman–Crippen LogP) is 0.363. The highest BCUT2D eigenvalue weighted by atomic mass is 16.4. The van der Waals surface area contributed by atoms with Gasteiger partial charge >= 0.3 is 5.97 Å². The summed E-state index contributed by atoms with van der Waals surface area (Å²) in [7, 11) is 1.83. The summed E-state index contributed by atoms with van der Waals surface area (Å²) in [6.45, 7) is 0.577. The number of carbonyl (C=O) groups is 1. The third-order valence-corrected chi connectivity index (χ3v) is 1.98. The lowest BCUT2D eigenvalue weighted by Gasteiger charge is -1.96. The summed E-state index contributed by atoms with van der Waals surface area (Å²) in [5.41, 5.74) is 1.06. The van der Waals surface area contributed by atoms with Crippen molar-refractivity contribution in [1.29, 1.82) is 0 Å². The van der Waals surface area contributed by atoms with Crippen LogP contribution in [-0.4, -0.2) is 30.4 Å². The van der Waals surface area contributed by atoms with Gasteiger partial charge in [0.05, 0.1) is 19.1 Å². The number of hydrogen-bond acceptors (Lipinski definition) is 3. The molecule has 0 spiro atoms. The number of carboxylic acid groups (broad SMARTS) is 1. The second-order valence-electron chi connectivity index (χ2n) is 3.26. The molecule has 0 bridgehead atoms. The third-order valence-electron chi connectivity index (χ3n) is 1.98. The van der Waals surface area contributed by atoms with Crippen LogP contribution < -0.4 is 0 Å². The van der Waals surface area contributed by atoms with E-state index < -0.39 is 5.97 Å². The summed E-state index contributed by atoms with van der Waals surface area (Å²) >= 11 is 0. The normalized spacial score (nSPS) is 10.5. The lowest BCUT2D eigenvalue weighted by molar-refractivity contribution is 0.0691. The van der Waals surface area contributed by atoms with Gasteiger partial charge in [-0.1, -0.05) is 0 Å². The molecule has 0 radical (unpaired) electrons. The van der Waals surface area contributed by atoms with Gasteiger partial charge in [-0.05, 0) is 0 Å². The molecular formula is C9H10N4O2. The summed E-state index contributed by atoms with van der Waals surface area (Å²) in [4.78, 5) is 14.3. The molecule has 0 aliphatic rings. The lowest BCUT2D eigenvalue weighted by Crippen LogP contribution is -1.97. The molecule has 15 heavy (non-hydrogen) atoms. The highest BCUT2D eigenvalue weighted by Crippen LogP contribution is 2.02. The zero-order valence-corrected chi connectivity index (χ0v) is 8.16. The summed E-state index contributed by atoms with van der Waals surface area (Å²) in [5.74, 6) is -1.01. The Morgan fingerprint density at radius 1 is 1.53 bits per heavy atom. The van der Waals surface area contributed by atoms with Crippen LogP contribution >= 0.6 is 0 Å². The minimum absolute atomic E-state index is 0.0545. The van der Waals surface area contributed by atoms with Gasteiger partial charge in [0.2, 0.25) is 0 Å². The number of aromatic carboxylic acids is 1. The molecule has 0 aliphatic heterocycles. The summed E-state index contributed by atoms with van der Waals surface area (Å²) in [6, 6.07) is 0. The van der Waals surface area contributed by atoms with Crippen molar-refractivity contribution in [3.8, 4) is 0 Å². The average molecular weight is 206 g/mol. The monoisotopic (exact) mass is 206 g/mol. The molecule has 0 fully saturated rings. The van der Waals surface area contributed by atoms with Gasteiger partial charge in [-0.2, -0.15) is 5.10 Å². The van der Waals surface area contributed by atoms with E-state index in [0.29, 0.717) is 6.54 Å². The van der Waals surface area contributed by atoms with E-state index in [1.165, 1.54) is 12.5 Å². The van der Waals surface area contributed by atoms with Crippen molar-refractivity contribution in [2.75, 3.05) is 0 Å². The molecule has 0 aliphatic carbocycles. The SMILES string of the molecule is Cn1cc(Cn2cnc(C(=O)O)c2)cn1. The Balaban J connectivity index is 2.14. The van der Waals surface area contributed by atoms with Gasteiger partial charge in [0.15, 0.2) is 5.69 Å². The van der Waals surface area contributed by atoms with Crippen molar-refractivity contribution in [3.63, 3.8) is 0 Å². The van der Waals surface area contributed by atoms with Crippen molar-refractivity contribution >= 4 is 5.97 Å². The molecule has 0 aromatic carbocycles. The van der Waals surface area contributed by atoms with E-state index in [1.807, 2.05) is 13.2 Å². The molecule has 0 amide bonds. The van der Waals surface area contributed by atoms with Crippen LogP contribution in [0.5, 0.6) is 0 Å². The summed E-state index contributed by atoms with van der Waals surface area (Å²) in [5, 5.41) is 12.7. The van der Waals surface area contributed by atoms with Crippen molar-refractivity contribution in [2.24, 2.45) is 7.05 Å². The second kappa shape index (κ2) is 3.56. The lowest BCUT2D eigenvalue weighted by atomic mass is 10.3. The smallest absolute Gasteiger partial charge is 0.356 e. The first-order valence-corrected chi connectivity index (χ1v) is 4.38. The standard InChI is InChI=1S/C9H10N4O2/c1-12-3-7(2-11-12)4-13-5-8(9(14)15)10-6-13/h2-3,5-6H,4H2,1H3,(H,14,15). The highest BCUT2D eigenvalue weighted by Gasteiger charge is 2.06. The Morgan fingerprint density at radius 3 is 2.87 bits per heavy atom. The van der Waals surface area contributed by atoms with E-state index >= 15 is 0 Å². The fourth-order valence-electron chi connectivity index (χ4n) is 1.32. The molecule has 78 valence electrons. The van der Waals surface area contributed by atoms with Gasteiger partial charge in [-0.3, -0.25) is 4.68 Å². The molecule has 2 aromatic heterocycles. The van der Waals surface area contributed by atoms with Crippen molar-refractivity contribution in [2.45, 2.75) is 6.54 Å². The number of imidazole rings is 1. The topological polar surface area (TPSA) is 72.9 Å². The number of hydrogen-bond donors (Lipinski definition) is 1. The van der Waals surface area contributed by atoms with Crippen LogP contribution in [0.15, 0.2) is 24.9 Å². The molecule has 6 nitrogen and oxygen atoms in total. The molecule has 2 rings (SSSR count). The van der Waals surface area contributed by atoms with Crippen LogP contribution in [0.2, 0.25) is 0 Å². The minimum Gasteiger partial charge on any atom is -0.476 e. The maximum atomic E-state index is 10.6. The van der Waals surface area contributed by atoms with E-state index in [-0.39, 0.29) is 5.69 Å². The Kier molecular flexibility index (Phi) is 2.24. The third kappa shape index (κ3) is 2.04. The molecule has 2 aromatic rings. The number of rotatable bonds is 3. The maximum Gasteiger partial charge on any atom is 0.356 e. The van der Waals surface area contributed by atoms with Crippen LogP contribution in [0.1, 0.15) is 16.1 Å². The van der Waals surface area contributed by atoms with Gasteiger partial charge in [-0.15, -0.1) is 0 Å². The van der Waals surface area contributed by atoms with Crippen molar-refractivity contribution < 1.29 is 9.90 Å². The second-order valence-corrected chi connectivity index (χ2v) is 3.26. The van der Waals surface area contributed by atoms with E-state index in [0.717, 1.165) is 5.56 Å². The Hall–Kier alpha value is -2.11. The minimum atomic E-state index is -1.01. The van der Waals surface area contributed by atoms with Crippen LogP contribution in [-0.2, 0) is 13.6 Å². The van der Waals surface area contributed by atoms with Gasteiger partial charge < -0.3 is 9.67 Å². The van der Waals surface area contributed by atoms with E-state index in [9.17, 15) is 4.79 Å². The quantitative estimate of drug-likeness (QED) is 0.787. The largest absolute Gasteiger partial charge is 0.476 e. The number of aryl methyl sites for hydroxylation is 1. The van der Waals surface area contributed by atoms with Crippen molar-refractivity contribution in [1.82, 2.24) is 19.3 Å². The molecule has 1 N–H and O–H groups in total. The first-order chi connectivity index (χ1) is 7.15. The molecule has 6 heteroatoms. The van der Waals surface area contributed by atoms with E-state index in [4.69, 9.17) is 5.11 Å². The average Bonchev–Trinajstić information content (AvgIpc) is 2.76. The molecular weight excluding hydrogens is 196 g/mol. The summed E-state index contributed by atoms with van der Waals surface area (Å²) in [6.07, 6.45) is 6.60. The van der Waals surface area contributed by atoms with E-state index in [2.05, 4.69) is 10.1 Å². The fourth-order valence-corrected chi connectivity index (χ4v) is 1.32. The number of aromatic nitrogens is 4. The molecule has 0 saturated carbocycles. The highest BCUT2D eigenvalue weighted by molar-refractivity contribution is 5.84. The van der Waals surface area contributed by atoms with Crippen LogP contribution in [0.25, 0.3) is 0 Å². The first kappa shape index (κ1) is 9.45. The predicted molar refractivity (Wildman–Crippen MR) is 51.5 cm³/mol. The maximum absolute atomic E-state index is 10.6. The first-order valence-electron chi connectivity index (χ1n) is 4.38. The van der Waals surface area contributed by atoms with Gasteiger partial charge in [0.1, 0.15) is 0 Å². The van der Waals surface area contributed by atoms with Gasteiger partial charge in [-0.25, -0.2) is 9.78 Å². The zero-order chi connectivity index (χ0) is 10.8. The van der Waals surface area contributed by atoms with Gasteiger partial charge in [0.25, 0.3) is 0 Å². The van der Waals surface area contributed by atoms with Crippen molar-refractivity contribution in [3.05, 3.63) is 36.2 Å². The number of carboxylic acids is 1. The molecule has 2 heterocycles. The Bertz CT molecular complexity index is 486. The molecule has 0 saturated heterocycles. The summed E-state index contributed by atoms with van der Waals surface area (Å²) < 4.78 is 3.41. The van der Waals surface area contributed by atoms with Gasteiger partial charge in [0, 0.05) is 25.0 Å². The Morgan fingerprint density at radius 2 is 2.33 bits per heavy atom. The van der Waals surface area contributed by atoms with Crippen LogP contribution in [0, 0.1) is 0 Å². The van der Waals surface area contributed by atoms with Crippen LogP contribution in [0.3, 0.4) is 0 Å². The fraction of sp³-hybridized carbons (Fsp3) is 0.222. The molecule has 0 unspecified atom stereocenters.